The van der Waals surface area contributed by atoms with Crippen LogP contribution in [0.3, 0.4) is 0 Å². The van der Waals surface area contributed by atoms with Crippen molar-refractivity contribution in [2.45, 2.75) is 26.3 Å². The summed E-state index contributed by atoms with van der Waals surface area (Å²) in [4.78, 5) is 5.95. The van der Waals surface area contributed by atoms with Crippen LogP contribution in [0.15, 0.2) is 16.8 Å². The highest BCUT2D eigenvalue weighted by molar-refractivity contribution is 7.10. The Labute approximate surface area is 104 Å². The van der Waals surface area contributed by atoms with Crippen LogP contribution in [0.5, 0.6) is 0 Å². The van der Waals surface area contributed by atoms with Gasteiger partial charge in [0.2, 0.25) is 0 Å². The van der Waals surface area contributed by atoms with Gasteiger partial charge in [0, 0.05) is 28.4 Å². The van der Waals surface area contributed by atoms with Crippen molar-refractivity contribution in [1.29, 1.82) is 0 Å². The van der Waals surface area contributed by atoms with Gasteiger partial charge in [0.15, 0.2) is 0 Å². The molecule has 1 atom stereocenters. The van der Waals surface area contributed by atoms with Gasteiger partial charge in [-0.1, -0.05) is 0 Å². The zero-order valence-electron chi connectivity index (χ0n) is 9.78. The lowest BCUT2D eigenvalue weighted by Gasteiger charge is -2.14. The van der Waals surface area contributed by atoms with Gasteiger partial charge in [0.25, 0.3) is 0 Å². The van der Waals surface area contributed by atoms with Crippen molar-refractivity contribution >= 4 is 22.7 Å². The van der Waals surface area contributed by atoms with Crippen molar-refractivity contribution in [3.8, 4) is 0 Å². The molecule has 2 nitrogen and oxygen atoms in total. The summed E-state index contributed by atoms with van der Waals surface area (Å²) in [5.41, 5.74) is 2.50. The molecule has 1 unspecified atom stereocenters. The average molecular weight is 252 g/mol. The lowest BCUT2D eigenvalue weighted by Crippen LogP contribution is -2.18. The molecule has 0 aliphatic carbocycles. The zero-order chi connectivity index (χ0) is 11.5. The summed E-state index contributed by atoms with van der Waals surface area (Å²) in [6.45, 7) is 4.22. The normalized spacial score (nSPS) is 12.9. The molecule has 2 aromatic heterocycles. The number of rotatable bonds is 4. The molecule has 0 spiro atoms. The maximum atomic E-state index is 4.52. The van der Waals surface area contributed by atoms with Gasteiger partial charge in [-0.05, 0) is 37.9 Å². The van der Waals surface area contributed by atoms with Gasteiger partial charge < -0.3 is 5.32 Å². The quantitative estimate of drug-likeness (QED) is 0.903. The van der Waals surface area contributed by atoms with E-state index in [-0.39, 0.29) is 0 Å². The van der Waals surface area contributed by atoms with Gasteiger partial charge in [-0.15, -0.1) is 22.7 Å². The number of aromatic nitrogens is 1. The minimum absolute atomic E-state index is 0.394. The van der Waals surface area contributed by atoms with E-state index in [0.717, 1.165) is 12.1 Å². The molecule has 4 heteroatoms. The Balaban J connectivity index is 2.15. The number of hydrogen-bond donors (Lipinski definition) is 1. The minimum atomic E-state index is 0.394. The second-order valence-corrected chi connectivity index (χ2v) is 5.79. The molecule has 2 heterocycles. The summed E-state index contributed by atoms with van der Waals surface area (Å²) < 4.78 is 0. The third kappa shape index (κ3) is 2.51. The molecule has 16 heavy (non-hydrogen) atoms. The van der Waals surface area contributed by atoms with Crippen molar-refractivity contribution in [2.24, 2.45) is 0 Å². The van der Waals surface area contributed by atoms with Crippen LogP contribution in [-0.4, -0.2) is 12.0 Å². The molecule has 0 aliphatic rings. The van der Waals surface area contributed by atoms with E-state index in [1.165, 1.54) is 15.4 Å². The van der Waals surface area contributed by atoms with Gasteiger partial charge >= 0.3 is 0 Å². The van der Waals surface area contributed by atoms with E-state index in [2.05, 4.69) is 34.1 Å². The fourth-order valence-electron chi connectivity index (χ4n) is 1.74. The predicted octanol–water partition coefficient (Wildman–Crippen LogP) is 3.32. The maximum absolute atomic E-state index is 4.52. The second kappa shape index (κ2) is 5.08. The van der Waals surface area contributed by atoms with Crippen molar-refractivity contribution in [3.63, 3.8) is 0 Å². The maximum Gasteiger partial charge on any atom is 0.0947 e. The summed E-state index contributed by atoms with van der Waals surface area (Å²) in [5.74, 6) is 0. The van der Waals surface area contributed by atoms with Crippen LogP contribution in [0, 0.1) is 13.8 Å². The highest BCUT2D eigenvalue weighted by Gasteiger charge is 2.15. The largest absolute Gasteiger partial charge is 0.312 e. The molecule has 1 N–H and O–H groups in total. The molecule has 86 valence electrons. The van der Waals surface area contributed by atoms with E-state index in [9.17, 15) is 0 Å². The first-order valence-electron chi connectivity index (χ1n) is 5.33. The molecule has 0 radical (unpaired) electrons. The first-order chi connectivity index (χ1) is 7.70. The first kappa shape index (κ1) is 11.8. The topological polar surface area (TPSA) is 24.9 Å². The molecule has 0 aromatic carbocycles. The molecule has 0 amide bonds. The van der Waals surface area contributed by atoms with Crippen LogP contribution in [-0.2, 0) is 6.42 Å². The number of thiazole rings is 1. The Hall–Kier alpha value is -0.710. The smallest absolute Gasteiger partial charge is 0.0947 e. The molecular weight excluding hydrogens is 236 g/mol. The summed E-state index contributed by atoms with van der Waals surface area (Å²) in [6.07, 6.45) is 0.982. The SMILES string of the molecule is CNC(Cc1nc(C)cs1)c1sccc1C. The number of nitrogens with one attached hydrogen (secondary N) is 1. The number of hydrogen-bond acceptors (Lipinski definition) is 4. The second-order valence-electron chi connectivity index (χ2n) is 3.90. The van der Waals surface area contributed by atoms with Crippen LogP contribution in [0.25, 0.3) is 0 Å². The van der Waals surface area contributed by atoms with Gasteiger partial charge in [-0.2, -0.15) is 0 Å². The Bertz CT molecular complexity index is 459. The molecule has 0 saturated carbocycles. The van der Waals surface area contributed by atoms with E-state index >= 15 is 0 Å². The van der Waals surface area contributed by atoms with Crippen LogP contribution in [0.1, 0.15) is 27.2 Å². The monoisotopic (exact) mass is 252 g/mol. The Kier molecular flexibility index (Phi) is 3.74. The third-order valence-electron chi connectivity index (χ3n) is 2.61. The predicted molar refractivity (Wildman–Crippen MR) is 71.4 cm³/mol. The molecule has 0 bridgehead atoms. The van der Waals surface area contributed by atoms with Crippen LogP contribution < -0.4 is 5.32 Å². The summed E-state index contributed by atoms with van der Waals surface area (Å²) in [5, 5.41) is 8.86. The number of nitrogens with zero attached hydrogens (tertiary/aromatic N) is 1. The Morgan fingerprint density at radius 3 is 2.69 bits per heavy atom. The fraction of sp³-hybridized carbons (Fsp3) is 0.417. The molecule has 2 rings (SSSR count). The summed E-state index contributed by atoms with van der Waals surface area (Å²) in [7, 11) is 2.02. The highest BCUT2D eigenvalue weighted by atomic mass is 32.1. The lowest BCUT2D eigenvalue weighted by molar-refractivity contribution is 0.597. The van der Waals surface area contributed by atoms with Crippen molar-refractivity contribution in [1.82, 2.24) is 10.3 Å². The van der Waals surface area contributed by atoms with Gasteiger partial charge in [0.05, 0.1) is 5.01 Å². The standard InChI is InChI=1S/C12H16N2S2/c1-8-4-5-15-12(8)10(13-3)6-11-14-9(2)7-16-11/h4-5,7,10,13H,6H2,1-3H3. The Morgan fingerprint density at radius 2 is 2.19 bits per heavy atom. The van der Waals surface area contributed by atoms with Gasteiger partial charge in [-0.25, -0.2) is 4.98 Å². The third-order valence-corrected chi connectivity index (χ3v) is 4.73. The van der Waals surface area contributed by atoms with Crippen molar-refractivity contribution in [3.05, 3.63) is 38.0 Å². The van der Waals surface area contributed by atoms with Crippen molar-refractivity contribution < 1.29 is 0 Å². The molecular formula is C12H16N2S2. The molecule has 0 fully saturated rings. The van der Waals surface area contributed by atoms with Crippen molar-refractivity contribution in [2.75, 3.05) is 7.05 Å². The minimum Gasteiger partial charge on any atom is -0.312 e. The first-order valence-corrected chi connectivity index (χ1v) is 7.09. The summed E-state index contributed by atoms with van der Waals surface area (Å²) in [6, 6.07) is 2.57. The van der Waals surface area contributed by atoms with Crippen LogP contribution >= 0.6 is 22.7 Å². The van der Waals surface area contributed by atoms with E-state index in [4.69, 9.17) is 0 Å². The van der Waals surface area contributed by atoms with E-state index < -0.39 is 0 Å². The zero-order valence-corrected chi connectivity index (χ0v) is 11.4. The van der Waals surface area contributed by atoms with E-state index in [1.54, 1.807) is 11.3 Å². The fourth-order valence-corrected chi connectivity index (χ4v) is 3.60. The molecule has 0 saturated heterocycles. The lowest BCUT2D eigenvalue weighted by atomic mass is 10.1. The number of thiophene rings is 1. The average Bonchev–Trinajstić information content (AvgIpc) is 2.84. The summed E-state index contributed by atoms with van der Waals surface area (Å²) >= 11 is 3.57. The van der Waals surface area contributed by atoms with Gasteiger partial charge in [0.1, 0.15) is 0 Å². The number of aryl methyl sites for hydroxylation is 2. The molecule has 0 aliphatic heterocycles. The van der Waals surface area contributed by atoms with E-state index in [1.807, 2.05) is 25.3 Å². The number of likely N-dealkylation sites (N-methyl/N-ethyl adjacent to an activating group) is 1. The molecule has 2 aromatic rings. The van der Waals surface area contributed by atoms with Crippen LogP contribution in [0.4, 0.5) is 0 Å². The Morgan fingerprint density at radius 1 is 1.38 bits per heavy atom. The highest BCUT2D eigenvalue weighted by Crippen LogP contribution is 2.27. The van der Waals surface area contributed by atoms with Crippen LogP contribution in [0.2, 0.25) is 0 Å². The van der Waals surface area contributed by atoms with Gasteiger partial charge in [-0.3, -0.25) is 0 Å². The van der Waals surface area contributed by atoms with E-state index in [0.29, 0.717) is 6.04 Å².